The zero-order valence-corrected chi connectivity index (χ0v) is 16.3. The van der Waals surface area contributed by atoms with E-state index in [1.54, 1.807) is 6.20 Å². The first-order chi connectivity index (χ1) is 10.2. The van der Waals surface area contributed by atoms with Gasteiger partial charge in [0.1, 0.15) is 0 Å². The number of nitrogens with zero attached hydrogens (tertiary/aromatic N) is 3. The smallest absolute Gasteiger partial charge is 0.347 e. The van der Waals surface area contributed by atoms with E-state index in [1.807, 2.05) is 25.1 Å². The van der Waals surface area contributed by atoms with Gasteiger partial charge in [0.15, 0.2) is 5.11 Å². The molecule has 0 unspecified atom stereocenters. The van der Waals surface area contributed by atoms with Crippen molar-refractivity contribution in [2.45, 2.75) is 32.6 Å². The molecule has 22 heavy (non-hydrogen) atoms. The van der Waals surface area contributed by atoms with Crippen LogP contribution in [0.4, 0.5) is 0 Å². The van der Waals surface area contributed by atoms with Crippen LogP contribution >= 0.6 is 12.2 Å². The molecule has 1 N–H and O–H groups in total. The van der Waals surface area contributed by atoms with Gasteiger partial charge in [0.2, 0.25) is 0 Å². The zero-order chi connectivity index (χ0) is 14.7. The third-order valence-electron chi connectivity index (χ3n) is 4.57. The Morgan fingerprint density at radius 2 is 1.86 bits per heavy atom. The van der Waals surface area contributed by atoms with Gasteiger partial charge in [-0.15, -0.1) is 0 Å². The van der Waals surface area contributed by atoms with Crippen LogP contribution < -0.4 is 5.43 Å². The maximum atomic E-state index is 5.52. The Labute approximate surface area is 150 Å². The van der Waals surface area contributed by atoms with Crippen LogP contribution in [0.1, 0.15) is 38.3 Å². The monoisotopic (exact) mass is 371 g/mol. The van der Waals surface area contributed by atoms with E-state index >= 15 is 0 Å². The Kier molecular flexibility index (Phi) is 6.46. The maximum Gasteiger partial charge on any atom is 3.00 e. The summed E-state index contributed by atoms with van der Waals surface area (Å²) in [5.41, 5.74) is 4.79. The fourth-order valence-corrected chi connectivity index (χ4v) is 3.49. The molecule has 1 saturated carbocycles. The fourth-order valence-electron chi connectivity index (χ4n) is 3.30. The molecule has 2 saturated heterocycles. The SMILES string of the molecule is CC(=NNC(=S)N1CC2CCC(CC2)C1)c1ccccn1.[Ga+3]. The van der Waals surface area contributed by atoms with Gasteiger partial charge in [-0.25, -0.2) is 0 Å². The average molecular weight is 372 g/mol. The molecule has 0 aromatic carbocycles. The van der Waals surface area contributed by atoms with Crippen LogP contribution in [0.25, 0.3) is 0 Å². The molecule has 0 amide bonds. The minimum atomic E-state index is 0. The van der Waals surface area contributed by atoms with E-state index in [0.29, 0.717) is 0 Å². The normalized spacial score (nSPS) is 24.4. The van der Waals surface area contributed by atoms with E-state index < -0.39 is 0 Å². The van der Waals surface area contributed by atoms with Crippen molar-refractivity contribution in [1.29, 1.82) is 0 Å². The molecular formula is C16H22GaN4S+3. The van der Waals surface area contributed by atoms with E-state index in [2.05, 4.69) is 20.4 Å². The zero-order valence-electron chi connectivity index (χ0n) is 13.0. The summed E-state index contributed by atoms with van der Waals surface area (Å²) in [4.78, 5) is 6.60. The molecule has 4 rings (SSSR count). The van der Waals surface area contributed by atoms with Crippen molar-refractivity contribution in [2.75, 3.05) is 13.1 Å². The number of rotatable bonds is 2. The minimum Gasteiger partial charge on any atom is -0.347 e. The van der Waals surface area contributed by atoms with Gasteiger partial charge in [0.05, 0.1) is 11.4 Å². The minimum absolute atomic E-state index is 0. The summed E-state index contributed by atoms with van der Waals surface area (Å²) >= 11 is 5.52. The van der Waals surface area contributed by atoms with Crippen LogP contribution in [0.3, 0.4) is 0 Å². The second-order valence-electron chi connectivity index (χ2n) is 6.12. The first-order valence-corrected chi connectivity index (χ1v) is 8.14. The number of nitrogens with one attached hydrogen (secondary N) is 1. The Morgan fingerprint density at radius 1 is 1.23 bits per heavy atom. The van der Waals surface area contributed by atoms with E-state index in [4.69, 9.17) is 12.2 Å². The Balaban J connectivity index is 0.00000176. The standard InChI is InChI=1S/C16H22N4S.Ga/c1-12(15-4-2-3-9-17-15)18-19-16(21)20-10-13-5-6-14(11-20)8-7-13;/h2-4,9,13-14H,5-8,10-11H2,1H3,(H,19,21);/q;+3. The van der Waals surface area contributed by atoms with Gasteiger partial charge in [-0.3, -0.25) is 10.4 Å². The number of pyridine rings is 1. The Bertz CT molecular complexity index is 512. The average Bonchev–Trinajstić information content (AvgIpc) is 2.87. The van der Waals surface area contributed by atoms with Gasteiger partial charge >= 0.3 is 19.8 Å². The van der Waals surface area contributed by atoms with Crippen molar-refractivity contribution in [3.8, 4) is 0 Å². The number of hydrazone groups is 1. The van der Waals surface area contributed by atoms with Crippen molar-refractivity contribution < 1.29 is 0 Å². The Hall–Kier alpha value is -0.854. The molecule has 3 aliphatic rings. The second-order valence-corrected chi connectivity index (χ2v) is 6.51. The van der Waals surface area contributed by atoms with Crippen LogP contribution in [0, 0.1) is 11.8 Å². The second kappa shape index (κ2) is 8.13. The van der Waals surface area contributed by atoms with Gasteiger partial charge in [0.25, 0.3) is 0 Å². The number of thiocarbonyl (C=S) groups is 1. The third-order valence-corrected chi connectivity index (χ3v) is 4.92. The predicted molar refractivity (Wildman–Crippen MR) is 95.0 cm³/mol. The summed E-state index contributed by atoms with van der Waals surface area (Å²) in [7, 11) is 0. The molecule has 1 aliphatic carbocycles. The van der Waals surface area contributed by atoms with Crippen LogP contribution in [-0.2, 0) is 0 Å². The molecule has 1 aromatic rings. The van der Waals surface area contributed by atoms with Crippen LogP contribution in [0.5, 0.6) is 0 Å². The summed E-state index contributed by atoms with van der Waals surface area (Å²) in [5, 5.41) is 5.15. The van der Waals surface area contributed by atoms with E-state index in [1.165, 1.54) is 25.7 Å². The molecule has 0 spiro atoms. The number of hydrogen-bond acceptors (Lipinski definition) is 3. The maximum absolute atomic E-state index is 5.52. The molecule has 112 valence electrons. The van der Waals surface area contributed by atoms with Crippen LogP contribution in [-0.4, -0.2) is 53.6 Å². The van der Waals surface area contributed by atoms with Gasteiger partial charge in [-0.2, -0.15) is 5.10 Å². The van der Waals surface area contributed by atoms with Crippen LogP contribution in [0.2, 0.25) is 0 Å². The van der Waals surface area contributed by atoms with Crippen molar-refractivity contribution in [3.05, 3.63) is 30.1 Å². The molecule has 4 nitrogen and oxygen atoms in total. The third kappa shape index (κ3) is 4.33. The molecule has 2 aliphatic heterocycles. The Morgan fingerprint density at radius 3 is 2.41 bits per heavy atom. The van der Waals surface area contributed by atoms with E-state index in [9.17, 15) is 0 Å². The van der Waals surface area contributed by atoms with Gasteiger partial charge < -0.3 is 4.90 Å². The summed E-state index contributed by atoms with van der Waals surface area (Å²) < 4.78 is 0. The van der Waals surface area contributed by atoms with E-state index in [0.717, 1.165) is 41.4 Å². The summed E-state index contributed by atoms with van der Waals surface area (Å²) in [6, 6.07) is 5.82. The first kappa shape index (κ1) is 17.5. The topological polar surface area (TPSA) is 40.5 Å². The molecule has 0 atom stereocenters. The van der Waals surface area contributed by atoms with E-state index in [-0.39, 0.29) is 19.8 Å². The number of aromatic nitrogens is 1. The number of hydrogen-bond donors (Lipinski definition) is 1. The fraction of sp³-hybridized carbons (Fsp3) is 0.562. The van der Waals surface area contributed by atoms with Crippen molar-refractivity contribution >= 4 is 42.8 Å². The van der Waals surface area contributed by atoms with Crippen molar-refractivity contribution in [1.82, 2.24) is 15.3 Å². The largest absolute Gasteiger partial charge is 3.00 e. The summed E-state index contributed by atoms with van der Waals surface area (Å²) in [5.74, 6) is 1.62. The molecule has 3 heterocycles. The van der Waals surface area contributed by atoms with Gasteiger partial charge in [-0.1, -0.05) is 6.07 Å². The molecule has 0 radical (unpaired) electrons. The summed E-state index contributed by atoms with van der Waals surface area (Å²) in [6.45, 7) is 4.12. The van der Waals surface area contributed by atoms with Crippen LogP contribution in [0.15, 0.2) is 29.5 Å². The van der Waals surface area contributed by atoms with Crippen molar-refractivity contribution in [3.63, 3.8) is 0 Å². The molecule has 2 bridgehead atoms. The van der Waals surface area contributed by atoms with Gasteiger partial charge in [-0.05, 0) is 68.8 Å². The molecule has 6 heteroatoms. The summed E-state index contributed by atoms with van der Waals surface area (Å²) in [6.07, 6.45) is 7.22. The quantitative estimate of drug-likeness (QED) is 0.375. The molecule has 1 aromatic heterocycles. The predicted octanol–water partition coefficient (Wildman–Crippen LogP) is 2.42. The molecular weight excluding hydrogens is 350 g/mol. The van der Waals surface area contributed by atoms with Crippen molar-refractivity contribution in [2.24, 2.45) is 16.9 Å². The first-order valence-electron chi connectivity index (χ1n) is 7.73. The van der Waals surface area contributed by atoms with Gasteiger partial charge in [0, 0.05) is 19.3 Å². The molecule has 3 fully saturated rings. The number of fused-ring (bicyclic) bond motifs is 4.